The minimum absolute atomic E-state index is 0.0145. The van der Waals surface area contributed by atoms with E-state index in [1.54, 1.807) is 12.1 Å². The van der Waals surface area contributed by atoms with Crippen molar-refractivity contribution >= 4 is 31.9 Å². The maximum Gasteiger partial charge on any atom is 0.286 e. The first kappa shape index (κ1) is 19.3. The molecule has 2 aromatic carbocycles. The number of nitrogens with zero attached hydrogens (tertiary/aromatic N) is 3. The Morgan fingerprint density at radius 3 is 2.59 bits per heavy atom. The molecule has 0 aliphatic heterocycles. The zero-order valence-electron chi connectivity index (χ0n) is 14.8. The Morgan fingerprint density at radius 2 is 1.90 bits per heavy atom. The maximum atomic E-state index is 13.2. The highest BCUT2D eigenvalue weighted by atomic mass is 79.9. The molecule has 2 aromatic heterocycles. The van der Waals surface area contributed by atoms with Crippen LogP contribution in [0.15, 0.2) is 80.7 Å². The van der Waals surface area contributed by atoms with Gasteiger partial charge < -0.3 is 9.73 Å². The van der Waals surface area contributed by atoms with Crippen LogP contribution in [0.1, 0.15) is 5.56 Å². The van der Waals surface area contributed by atoms with E-state index in [1.807, 2.05) is 24.3 Å². The molecule has 2 heterocycles. The van der Waals surface area contributed by atoms with Gasteiger partial charge in [-0.3, -0.25) is 0 Å². The molecule has 4 rings (SSSR count). The van der Waals surface area contributed by atoms with Gasteiger partial charge in [0.1, 0.15) is 5.82 Å². The van der Waals surface area contributed by atoms with Gasteiger partial charge in [0.15, 0.2) is 5.76 Å². The quantitative estimate of drug-likeness (QED) is 0.446. The minimum atomic E-state index is -4.11. The van der Waals surface area contributed by atoms with Gasteiger partial charge in [-0.05, 0) is 54.1 Å². The summed E-state index contributed by atoms with van der Waals surface area (Å²) < 4.78 is 46.3. The molecule has 0 unspecified atom stereocenters. The van der Waals surface area contributed by atoms with Gasteiger partial charge in [-0.25, -0.2) is 4.39 Å². The van der Waals surface area contributed by atoms with E-state index in [4.69, 9.17) is 4.42 Å². The Balaban J connectivity index is 1.74. The molecule has 0 saturated carbocycles. The largest absolute Gasteiger partial charge is 0.461 e. The van der Waals surface area contributed by atoms with Gasteiger partial charge in [-0.1, -0.05) is 28.1 Å². The summed E-state index contributed by atoms with van der Waals surface area (Å²) in [6, 6.07) is 15.3. The van der Waals surface area contributed by atoms with Crippen LogP contribution < -0.4 is 5.32 Å². The molecule has 0 atom stereocenters. The van der Waals surface area contributed by atoms with Gasteiger partial charge in [-0.2, -0.15) is 13.4 Å². The van der Waals surface area contributed by atoms with Crippen LogP contribution >= 0.6 is 15.9 Å². The molecule has 0 saturated heterocycles. The van der Waals surface area contributed by atoms with Crippen LogP contribution in [-0.4, -0.2) is 22.6 Å². The van der Waals surface area contributed by atoms with Gasteiger partial charge in [0.2, 0.25) is 11.8 Å². The molecule has 4 aromatic rings. The molecular formula is C19H14BrFN4O3S. The number of nitrogens with one attached hydrogen (secondary N) is 1. The fraction of sp³-hybridized carbons (Fsp3) is 0.0526. The molecule has 0 bridgehead atoms. The lowest BCUT2D eigenvalue weighted by molar-refractivity contribution is 0.573. The Morgan fingerprint density at radius 1 is 1.10 bits per heavy atom. The molecular weight excluding hydrogens is 463 g/mol. The third kappa shape index (κ3) is 4.08. The summed E-state index contributed by atoms with van der Waals surface area (Å²) >= 11 is 3.40. The highest BCUT2D eigenvalue weighted by Crippen LogP contribution is 2.23. The molecule has 0 aliphatic rings. The van der Waals surface area contributed by atoms with Crippen LogP contribution in [0.3, 0.4) is 0 Å². The van der Waals surface area contributed by atoms with Crippen LogP contribution in [0.4, 0.5) is 10.3 Å². The first-order chi connectivity index (χ1) is 13.9. The molecule has 29 heavy (non-hydrogen) atoms. The van der Waals surface area contributed by atoms with Gasteiger partial charge in [0.05, 0.1) is 11.2 Å². The van der Waals surface area contributed by atoms with E-state index in [0.717, 1.165) is 26.3 Å². The molecule has 0 amide bonds. The normalized spacial score (nSPS) is 11.5. The lowest BCUT2D eigenvalue weighted by atomic mass is 10.2. The number of hydrogen-bond donors (Lipinski definition) is 1. The van der Waals surface area contributed by atoms with Gasteiger partial charge in [-0.15, -0.1) is 9.19 Å². The van der Waals surface area contributed by atoms with Gasteiger partial charge >= 0.3 is 0 Å². The number of benzene rings is 2. The van der Waals surface area contributed by atoms with Gasteiger partial charge in [0, 0.05) is 11.0 Å². The summed E-state index contributed by atoms with van der Waals surface area (Å²) in [7, 11) is -4.11. The van der Waals surface area contributed by atoms with Crippen molar-refractivity contribution in [1.29, 1.82) is 0 Å². The summed E-state index contributed by atoms with van der Waals surface area (Å²) in [6.45, 7) is 0.314. The first-order valence-electron chi connectivity index (χ1n) is 8.44. The second-order valence-corrected chi connectivity index (χ2v) is 8.70. The molecule has 0 spiro atoms. The van der Waals surface area contributed by atoms with E-state index in [-0.39, 0.29) is 16.7 Å². The maximum absolute atomic E-state index is 13.2. The Labute approximate surface area is 174 Å². The van der Waals surface area contributed by atoms with Crippen LogP contribution in [0.25, 0.3) is 11.6 Å². The fourth-order valence-corrected chi connectivity index (χ4v) is 4.26. The van der Waals surface area contributed by atoms with E-state index in [0.29, 0.717) is 12.3 Å². The standard InChI is InChI=1S/C19H14BrFN4O3S/c20-14-4-1-3-13(11-14)12-22-19-23-18(17-5-2-10-28-17)24-25(19)29(26,27)16-8-6-15(21)7-9-16/h1-11H,12H2,(H,22,23,24). The Hall–Kier alpha value is -2.98. The highest BCUT2D eigenvalue weighted by Gasteiger charge is 2.25. The lowest BCUT2D eigenvalue weighted by Crippen LogP contribution is -2.18. The van der Waals surface area contributed by atoms with E-state index in [1.165, 1.54) is 18.4 Å². The molecule has 0 aliphatic carbocycles. The van der Waals surface area contributed by atoms with Crippen molar-refractivity contribution in [3.05, 3.63) is 82.8 Å². The molecule has 1 N–H and O–H groups in total. The van der Waals surface area contributed by atoms with E-state index in [2.05, 4.69) is 31.3 Å². The van der Waals surface area contributed by atoms with E-state index in [9.17, 15) is 12.8 Å². The summed E-state index contributed by atoms with van der Waals surface area (Å²) in [5.74, 6) is -0.0893. The topological polar surface area (TPSA) is 90.0 Å². The summed E-state index contributed by atoms with van der Waals surface area (Å²) in [5, 5.41) is 7.11. The second kappa shape index (κ2) is 7.80. The molecule has 7 nitrogen and oxygen atoms in total. The SMILES string of the molecule is O=S(=O)(c1ccc(F)cc1)n1nc(-c2ccco2)nc1NCc1cccc(Br)c1. The van der Waals surface area contributed by atoms with Crippen LogP contribution in [0.5, 0.6) is 0 Å². The van der Waals surface area contributed by atoms with Crippen LogP contribution in [-0.2, 0) is 16.6 Å². The average molecular weight is 477 g/mol. The zero-order chi connectivity index (χ0) is 20.4. The van der Waals surface area contributed by atoms with Crippen molar-refractivity contribution in [3.8, 4) is 11.6 Å². The van der Waals surface area contributed by atoms with E-state index >= 15 is 0 Å². The minimum Gasteiger partial charge on any atom is -0.461 e. The van der Waals surface area contributed by atoms with Crippen LogP contribution in [0.2, 0.25) is 0 Å². The molecule has 148 valence electrons. The van der Waals surface area contributed by atoms with Crippen molar-refractivity contribution in [1.82, 2.24) is 14.2 Å². The smallest absolute Gasteiger partial charge is 0.286 e. The summed E-state index contributed by atoms with van der Waals surface area (Å²) in [5.41, 5.74) is 0.910. The number of rotatable bonds is 6. The average Bonchev–Trinajstić information content (AvgIpc) is 3.37. The summed E-state index contributed by atoms with van der Waals surface area (Å²) in [6.07, 6.45) is 1.44. The molecule has 10 heteroatoms. The van der Waals surface area contributed by atoms with Crippen molar-refractivity contribution in [2.24, 2.45) is 0 Å². The highest BCUT2D eigenvalue weighted by molar-refractivity contribution is 9.10. The lowest BCUT2D eigenvalue weighted by Gasteiger charge is -2.09. The number of aromatic nitrogens is 3. The third-order valence-electron chi connectivity index (χ3n) is 4.00. The molecule has 0 fully saturated rings. The predicted molar refractivity (Wildman–Crippen MR) is 108 cm³/mol. The van der Waals surface area contributed by atoms with Crippen molar-refractivity contribution < 1.29 is 17.2 Å². The van der Waals surface area contributed by atoms with Crippen molar-refractivity contribution in [2.75, 3.05) is 5.32 Å². The third-order valence-corrected chi connectivity index (χ3v) is 6.07. The number of furan rings is 1. The summed E-state index contributed by atoms with van der Waals surface area (Å²) in [4.78, 5) is 4.17. The van der Waals surface area contributed by atoms with Crippen molar-refractivity contribution in [2.45, 2.75) is 11.4 Å². The van der Waals surface area contributed by atoms with Gasteiger partial charge in [0.25, 0.3) is 10.0 Å². The fourth-order valence-electron chi connectivity index (χ4n) is 2.62. The Bertz CT molecular complexity index is 1240. The zero-order valence-corrected chi connectivity index (χ0v) is 17.2. The van der Waals surface area contributed by atoms with Crippen LogP contribution in [0, 0.1) is 5.82 Å². The Kier molecular flexibility index (Phi) is 5.20. The number of anilines is 1. The second-order valence-electron chi connectivity index (χ2n) is 6.02. The molecule has 0 radical (unpaired) electrons. The van der Waals surface area contributed by atoms with E-state index < -0.39 is 15.8 Å². The van der Waals surface area contributed by atoms with Crippen molar-refractivity contribution in [3.63, 3.8) is 0 Å². The predicted octanol–water partition coefficient (Wildman–Crippen LogP) is 4.29. The first-order valence-corrected chi connectivity index (χ1v) is 10.7. The number of hydrogen-bond acceptors (Lipinski definition) is 6. The number of halogens is 2. The monoisotopic (exact) mass is 476 g/mol.